The van der Waals surface area contributed by atoms with Gasteiger partial charge < -0.3 is 4.98 Å². The molecule has 0 spiro atoms. The molecule has 1 N–H and O–H groups in total. The predicted molar refractivity (Wildman–Crippen MR) is 87.5 cm³/mol. The largest absolute Gasteiger partial charge is 0.330 e. The zero-order valence-electron chi connectivity index (χ0n) is 11.2. The molecule has 4 aromatic rings. The van der Waals surface area contributed by atoms with E-state index >= 15 is 0 Å². The van der Waals surface area contributed by atoms with Crippen molar-refractivity contribution in [1.82, 2.24) is 29.2 Å². The summed E-state index contributed by atoms with van der Waals surface area (Å²) in [6.07, 6.45) is 0. The predicted octanol–water partition coefficient (Wildman–Crippen LogP) is 3.23. The highest BCUT2D eigenvalue weighted by molar-refractivity contribution is 7.97. The molecule has 0 aliphatic rings. The van der Waals surface area contributed by atoms with E-state index in [0.717, 1.165) is 15.9 Å². The summed E-state index contributed by atoms with van der Waals surface area (Å²) in [6, 6.07) is 17.8. The molecule has 0 bridgehead atoms. The Kier molecular flexibility index (Phi) is 3.24. The van der Waals surface area contributed by atoms with Crippen LogP contribution in [0.3, 0.4) is 0 Å². The average Bonchev–Trinajstić information content (AvgIpc) is 3.11. The van der Waals surface area contributed by atoms with E-state index in [9.17, 15) is 0 Å². The molecular formula is C14H10N6S2. The molecule has 2 aromatic carbocycles. The van der Waals surface area contributed by atoms with Crippen LogP contribution in [0.5, 0.6) is 0 Å². The van der Waals surface area contributed by atoms with Crippen molar-refractivity contribution in [3.05, 3.63) is 59.4 Å². The first-order valence-corrected chi connectivity index (χ1v) is 7.73. The lowest BCUT2D eigenvalue weighted by Gasteiger charge is -2.04. The van der Waals surface area contributed by atoms with Crippen LogP contribution in [0.25, 0.3) is 17.0 Å². The van der Waals surface area contributed by atoms with E-state index in [0.29, 0.717) is 10.7 Å². The van der Waals surface area contributed by atoms with Crippen LogP contribution in [0.2, 0.25) is 0 Å². The van der Waals surface area contributed by atoms with Crippen molar-refractivity contribution in [1.29, 1.82) is 0 Å². The van der Waals surface area contributed by atoms with Gasteiger partial charge in [-0.15, -0.1) is 4.09 Å². The molecule has 0 saturated heterocycles. The van der Waals surface area contributed by atoms with Crippen LogP contribution in [-0.4, -0.2) is 29.2 Å². The van der Waals surface area contributed by atoms with Gasteiger partial charge in [0.25, 0.3) is 5.95 Å². The van der Waals surface area contributed by atoms with Crippen molar-refractivity contribution in [3.63, 3.8) is 0 Å². The fraction of sp³-hybridized carbons (Fsp3) is 0. The molecule has 2 heterocycles. The summed E-state index contributed by atoms with van der Waals surface area (Å²) in [5.41, 5.74) is 1.89. The number of nitrogens with one attached hydrogen (secondary N) is 1. The lowest BCUT2D eigenvalue weighted by molar-refractivity contribution is 0.848. The molecule has 0 atom stereocenters. The SMILES string of the molecule is S=c1[nH]c2ccccc2n1-c1nnnn1Sc1ccccc1. The summed E-state index contributed by atoms with van der Waals surface area (Å²) in [5, 5.41) is 12.0. The van der Waals surface area contributed by atoms with Crippen LogP contribution in [0, 0.1) is 4.77 Å². The van der Waals surface area contributed by atoms with Gasteiger partial charge in [-0.25, -0.2) is 0 Å². The van der Waals surface area contributed by atoms with Crippen LogP contribution in [0.1, 0.15) is 0 Å². The minimum Gasteiger partial charge on any atom is -0.330 e. The second kappa shape index (κ2) is 5.39. The third kappa shape index (κ3) is 2.22. The third-order valence-corrected chi connectivity index (χ3v) is 4.33. The summed E-state index contributed by atoms with van der Waals surface area (Å²) >= 11 is 6.85. The Labute approximate surface area is 134 Å². The maximum atomic E-state index is 5.41. The molecule has 0 radical (unpaired) electrons. The Hall–Kier alpha value is -2.45. The topological polar surface area (TPSA) is 64.3 Å². The average molecular weight is 326 g/mol. The Morgan fingerprint density at radius 1 is 1.00 bits per heavy atom. The molecular weight excluding hydrogens is 316 g/mol. The number of hydrogen-bond donors (Lipinski definition) is 1. The minimum atomic E-state index is 0.561. The van der Waals surface area contributed by atoms with Gasteiger partial charge in [-0.3, -0.25) is 4.57 Å². The number of hydrogen-bond acceptors (Lipinski definition) is 5. The van der Waals surface area contributed by atoms with E-state index in [-0.39, 0.29) is 0 Å². The van der Waals surface area contributed by atoms with Crippen LogP contribution >= 0.6 is 24.2 Å². The van der Waals surface area contributed by atoms with Gasteiger partial charge in [0.1, 0.15) is 0 Å². The van der Waals surface area contributed by atoms with Gasteiger partial charge in [-0.1, -0.05) is 35.4 Å². The number of aromatic nitrogens is 6. The van der Waals surface area contributed by atoms with Gasteiger partial charge >= 0.3 is 0 Å². The normalized spacial score (nSPS) is 11.1. The van der Waals surface area contributed by atoms with E-state index in [1.54, 1.807) is 4.09 Å². The van der Waals surface area contributed by atoms with E-state index in [4.69, 9.17) is 12.2 Å². The van der Waals surface area contributed by atoms with Crippen molar-refractivity contribution >= 4 is 35.2 Å². The smallest absolute Gasteiger partial charge is 0.267 e. The molecule has 22 heavy (non-hydrogen) atoms. The summed E-state index contributed by atoms with van der Waals surface area (Å²) in [5.74, 6) is 0.566. The van der Waals surface area contributed by atoms with Crippen molar-refractivity contribution < 1.29 is 0 Å². The molecule has 0 fully saturated rings. The second-order valence-electron chi connectivity index (χ2n) is 4.54. The fourth-order valence-electron chi connectivity index (χ4n) is 2.20. The third-order valence-electron chi connectivity index (χ3n) is 3.15. The monoisotopic (exact) mass is 326 g/mol. The number of rotatable bonds is 3. The first-order valence-electron chi connectivity index (χ1n) is 6.55. The molecule has 0 aliphatic carbocycles. The lowest BCUT2D eigenvalue weighted by atomic mass is 10.3. The number of aromatic amines is 1. The molecule has 6 nitrogen and oxygen atoms in total. The number of imidazole rings is 1. The van der Waals surface area contributed by atoms with Crippen LogP contribution in [0.4, 0.5) is 0 Å². The van der Waals surface area contributed by atoms with Crippen molar-refractivity contribution in [2.45, 2.75) is 4.90 Å². The highest BCUT2D eigenvalue weighted by Crippen LogP contribution is 2.23. The summed E-state index contributed by atoms with van der Waals surface area (Å²) < 4.78 is 4.05. The molecule has 0 aliphatic heterocycles. The Morgan fingerprint density at radius 3 is 2.64 bits per heavy atom. The fourth-order valence-corrected chi connectivity index (χ4v) is 3.24. The Balaban J connectivity index is 1.85. The summed E-state index contributed by atoms with van der Waals surface area (Å²) in [7, 11) is 0. The Morgan fingerprint density at radius 2 is 1.77 bits per heavy atom. The van der Waals surface area contributed by atoms with Gasteiger partial charge in [0.15, 0.2) is 4.77 Å². The first-order chi connectivity index (χ1) is 10.8. The highest BCUT2D eigenvalue weighted by Gasteiger charge is 2.14. The van der Waals surface area contributed by atoms with Crippen LogP contribution < -0.4 is 0 Å². The van der Waals surface area contributed by atoms with E-state index in [1.807, 2.05) is 59.2 Å². The van der Waals surface area contributed by atoms with Gasteiger partial charge in [-0.05, 0) is 46.9 Å². The molecule has 108 valence electrons. The molecule has 0 saturated carbocycles. The van der Waals surface area contributed by atoms with Crippen molar-refractivity contribution in [2.24, 2.45) is 0 Å². The number of tetrazole rings is 1. The van der Waals surface area contributed by atoms with E-state index < -0.39 is 0 Å². The molecule has 0 unspecified atom stereocenters. The minimum absolute atomic E-state index is 0.561. The van der Waals surface area contributed by atoms with Gasteiger partial charge in [-0.2, -0.15) is 0 Å². The standard InChI is InChI=1S/C14H10N6S2/c21-14-15-11-8-4-5-9-12(11)19(14)13-16-17-18-20(13)22-10-6-2-1-3-7-10/h1-9H,(H,15,21). The second-order valence-corrected chi connectivity index (χ2v) is 5.93. The van der Waals surface area contributed by atoms with Crippen molar-refractivity contribution in [2.75, 3.05) is 0 Å². The number of H-pyrrole nitrogens is 1. The van der Waals surface area contributed by atoms with Gasteiger partial charge in [0.05, 0.1) is 11.0 Å². The van der Waals surface area contributed by atoms with Gasteiger partial charge in [0, 0.05) is 16.8 Å². The van der Waals surface area contributed by atoms with E-state index in [2.05, 4.69) is 20.5 Å². The lowest BCUT2D eigenvalue weighted by Crippen LogP contribution is -2.03. The quantitative estimate of drug-likeness (QED) is 0.586. The molecule has 0 amide bonds. The summed E-state index contributed by atoms with van der Waals surface area (Å²) in [4.78, 5) is 4.21. The van der Waals surface area contributed by atoms with Crippen molar-refractivity contribution in [3.8, 4) is 5.95 Å². The zero-order valence-corrected chi connectivity index (χ0v) is 12.9. The first kappa shape index (κ1) is 13.2. The number of para-hydroxylation sites is 2. The molecule has 4 rings (SSSR count). The molecule has 8 heteroatoms. The maximum Gasteiger partial charge on any atom is 0.267 e. The summed E-state index contributed by atoms with van der Waals surface area (Å²) in [6.45, 7) is 0. The number of benzene rings is 2. The zero-order chi connectivity index (χ0) is 14.9. The van der Waals surface area contributed by atoms with E-state index in [1.165, 1.54) is 11.9 Å². The van der Waals surface area contributed by atoms with Crippen LogP contribution in [-0.2, 0) is 0 Å². The highest BCUT2D eigenvalue weighted by atomic mass is 32.2. The molecule has 2 aromatic heterocycles. The maximum absolute atomic E-state index is 5.41. The van der Waals surface area contributed by atoms with Gasteiger partial charge in [0.2, 0.25) is 0 Å². The number of fused-ring (bicyclic) bond motifs is 1. The van der Waals surface area contributed by atoms with Crippen LogP contribution in [0.15, 0.2) is 59.5 Å². The number of nitrogens with zero attached hydrogens (tertiary/aromatic N) is 5. The Bertz CT molecular complexity index is 985.